The maximum Gasteiger partial charge on any atom is 0.277 e. The number of nitrogens with one attached hydrogen (secondary N) is 4. The molecule has 0 unspecified atom stereocenters. The number of amides is 4. The first kappa shape index (κ1) is 57.2. The van der Waals surface area contributed by atoms with Crippen LogP contribution < -0.4 is 32.1 Å². The van der Waals surface area contributed by atoms with Gasteiger partial charge in [0.25, 0.3) is 11.8 Å². The third-order valence-corrected chi connectivity index (χ3v) is 14.7. The molecule has 1 atom stereocenters. The molecule has 0 bridgehead atoms. The molecule has 0 spiro atoms. The average Bonchev–Trinajstić information content (AvgIpc) is 3.84. The van der Waals surface area contributed by atoms with Crippen molar-refractivity contribution in [1.29, 1.82) is 0 Å². The standard InChI is InChI=1S/C51H61BrFN15O8S/c1-31-32(2)39(18-13-33(31)27-42(70)65(3)4)62-50(72)45-44-46(54)57-30-58-49(44)68(64-45)35-9-7-21-67(29-35)41(69)12-8-20-66(5)22-24-76-26-25-75-23-19-59-77(73,74)36-16-14-34(15-17-36)60-51-56-28-37(52)48(63-51)61-40-11-6-10-38(53)43(40)47(55)71/h6,8,10-18,28,30,35,59H,7,9,19-27,29H2,1-5H3,(H2,55,71)(H,62,72)(H2,54,57,58)(H2,56,60,61,63)/b12-8+/t35-/m1/s1. The van der Waals surface area contributed by atoms with E-state index in [0.717, 1.165) is 22.8 Å². The number of hydrogen-bond acceptors (Lipinski definition) is 17. The fourth-order valence-corrected chi connectivity index (χ4v) is 9.54. The predicted molar refractivity (Wildman–Crippen MR) is 292 cm³/mol. The number of benzene rings is 3. The summed E-state index contributed by atoms with van der Waals surface area (Å²) in [5.41, 5.74) is 15.6. The van der Waals surface area contributed by atoms with Gasteiger partial charge in [-0.1, -0.05) is 18.2 Å². The van der Waals surface area contributed by atoms with E-state index in [-0.39, 0.29) is 83.5 Å². The molecule has 7 rings (SSSR count). The maximum atomic E-state index is 14.3. The first-order valence-electron chi connectivity index (χ1n) is 24.4. The number of carbonyl (C=O) groups is 4. The molecule has 0 saturated carbocycles. The number of rotatable bonds is 24. The fourth-order valence-electron chi connectivity index (χ4n) is 8.24. The van der Waals surface area contributed by atoms with Gasteiger partial charge < -0.3 is 51.6 Å². The lowest BCUT2D eigenvalue weighted by molar-refractivity contribution is -0.128. The Morgan fingerprint density at radius 3 is 2.43 bits per heavy atom. The third-order valence-electron chi connectivity index (χ3n) is 12.7. The van der Waals surface area contributed by atoms with Crippen LogP contribution in [0.15, 0.2) is 88.6 Å². The number of primary amides is 1. The molecule has 1 fully saturated rings. The minimum Gasteiger partial charge on any atom is -0.383 e. The number of piperidine rings is 1. The number of fused-ring (bicyclic) bond motifs is 1. The number of hydrogen-bond donors (Lipinski definition) is 6. The van der Waals surface area contributed by atoms with Crippen LogP contribution in [0.25, 0.3) is 11.0 Å². The molecule has 1 saturated heterocycles. The van der Waals surface area contributed by atoms with Gasteiger partial charge in [-0.05, 0) is 109 Å². The molecule has 3 aromatic carbocycles. The van der Waals surface area contributed by atoms with Crippen LogP contribution in [0.1, 0.15) is 56.4 Å². The van der Waals surface area contributed by atoms with Gasteiger partial charge in [0.2, 0.25) is 27.8 Å². The van der Waals surface area contributed by atoms with Crippen LogP contribution in [-0.2, 0) is 35.5 Å². The number of nitrogens with two attached hydrogens (primary N) is 2. The van der Waals surface area contributed by atoms with Crippen molar-refractivity contribution in [2.24, 2.45) is 5.73 Å². The molecule has 1 aliphatic heterocycles. The van der Waals surface area contributed by atoms with Crippen molar-refractivity contribution in [2.45, 2.75) is 44.0 Å². The summed E-state index contributed by atoms with van der Waals surface area (Å²) in [4.78, 5) is 74.0. The van der Waals surface area contributed by atoms with E-state index in [4.69, 9.17) is 26.0 Å². The van der Waals surface area contributed by atoms with Crippen molar-refractivity contribution in [2.75, 3.05) is 102 Å². The number of nitrogen functional groups attached to an aromatic ring is 1. The normalized spacial score (nSPS) is 13.8. The highest BCUT2D eigenvalue weighted by Crippen LogP contribution is 2.32. The van der Waals surface area contributed by atoms with Crippen molar-refractivity contribution in [3.63, 3.8) is 0 Å². The minimum absolute atomic E-state index is 0.0262. The van der Waals surface area contributed by atoms with Crippen LogP contribution >= 0.6 is 15.9 Å². The highest BCUT2D eigenvalue weighted by molar-refractivity contribution is 9.10. The number of halogens is 2. The van der Waals surface area contributed by atoms with Crippen LogP contribution in [-0.4, -0.2) is 157 Å². The molecule has 3 aromatic heterocycles. The smallest absolute Gasteiger partial charge is 0.277 e. The Morgan fingerprint density at radius 2 is 1.69 bits per heavy atom. The molecular weight excluding hydrogens is 1080 g/mol. The van der Waals surface area contributed by atoms with E-state index in [2.05, 4.69) is 56.5 Å². The van der Waals surface area contributed by atoms with Crippen LogP contribution in [0.3, 0.4) is 0 Å². The largest absolute Gasteiger partial charge is 0.383 e. The second-order valence-corrected chi connectivity index (χ2v) is 20.9. The number of likely N-dealkylation sites (tertiary alicyclic amines) is 1. The van der Waals surface area contributed by atoms with Crippen LogP contribution in [0.5, 0.6) is 0 Å². The molecule has 26 heteroatoms. The number of ether oxygens (including phenoxy) is 2. The van der Waals surface area contributed by atoms with Crippen molar-refractivity contribution < 1.29 is 41.5 Å². The van der Waals surface area contributed by atoms with Gasteiger partial charge in [-0.3, -0.25) is 19.2 Å². The molecule has 77 heavy (non-hydrogen) atoms. The number of anilines is 6. The van der Waals surface area contributed by atoms with Crippen molar-refractivity contribution in [1.82, 2.24) is 49.1 Å². The Morgan fingerprint density at radius 1 is 0.935 bits per heavy atom. The van der Waals surface area contributed by atoms with Gasteiger partial charge in [0, 0.05) is 70.5 Å². The van der Waals surface area contributed by atoms with E-state index in [0.29, 0.717) is 79.1 Å². The Hall–Kier alpha value is -7.49. The summed E-state index contributed by atoms with van der Waals surface area (Å²) in [6, 6.07) is 13.3. The lowest BCUT2D eigenvalue weighted by Crippen LogP contribution is -2.40. The zero-order chi connectivity index (χ0) is 55.4. The number of likely N-dealkylation sites (N-methyl/N-ethyl adjacent to an activating group) is 2. The van der Waals surface area contributed by atoms with Gasteiger partial charge in [0.05, 0.1) is 64.9 Å². The van der Waals surface area contributed by atoms with Gasteiger partial charge in [-0.25, -0.2) is 37.2 Å². The lowest BCUT2D eigenvalue weighted by atomic mass is 9.98. The summed E-state index contributed by atoms with van der Waals surface area (Å²) < 4.78 is 56.1. The number of carbonyl (C=O) groups excluding carboxylic acids is 4. The van der Waals surface area contributed by atoms with Crippen LogP contribution in [0.2, 0.25) is 0 Å². The van der Waals surface area contributed by atoms with E-state index >= 15 is 0 Å². The van der Waals surface area contributed by atoms with Crippen molar-refractivity contribution in [3.05, 3.63) is 118 Å². The summed E-state index contributed by atoms with van der Waals surface area (Å²) in [6.45, 7) is 6.88. The summed E-state index contributed by atoms with van der Waals surface area (Å²) in [7, 11) is 1.47. The highest BCUT2D eigenvalue weighted by atomic mass is 79.9. The molecule has 408 valence electrons. The van der Waals surface area contributed by atoms with Crippen molar-refractivity contribution in [3.8, 4) is 0 Å². The second-order valence-electron chi connectivity index (χ2n) is 18.3. The molecule has 1 aliphatic rings. The van der Waals surface area contributed by atoms with E-state index in [1.165, 1.54) is 41.7 Å². The van der Waals surface area contributed by atoms with E-state index < -0.39 is 27.7 Å². The highest BCUT2D eigenvalue weighted by Gasteiger charge is 2.30. The molecule has 23 nitrogen and oxygen atoms in total. The molecule has 4 heterocycles. The summed E-state index contributed by atoms with van der Waals surface area (Å²) in [5.74, 6) is -1.94. The minimum atomic E-state index is -3.85. The zero-order valence-corrected chi connectivity index (χ0v) is 45.6. The predicted octanol–water partition coefficient (Wildman–Crippen LogP) is 4.85. The molecule has 0 radical (unpaired) electrons. The van der Waals surface area contributed by atoms with Gasteiger partial charge in [0.15, 0.2) is 11.3 Å². The lowest BCUT2D eigenvalue weighted by Gasteiger charge is -2.32. The topological polar surface area (TPSA) is 300 Å². The molecule has 6 aromatic rings. The van der Waals surface area contributed by atoms with E-state index in [1.807, 2.05) is 31.9 Å². The first-order valence-corrected chi connectivity index (χ1v) is 26.7. The molecular formula is C51H61BrFN15O8S. The van der Waals surface area contributed by atoms with E-state index in [9.17, 15) is 32.0 Å². The maximum absolute atomic E-state index is 14.3. The average molecular weight is 1140 g/mol. The first-order chi connectivity index (χ1) is 36.8. The van der Waals surface area contributed by atoms with Crippen LogP contribution in [0, 0.1) is 19.7 Å². The summed E-state index contributed by atoms with van der Waals surface area (Å²) >= 11 is 3.33. The molecule has 8 N–H and O–H groups in total. The third kappa shape index (κ3) is 14.7. The van der Waals surface area contributed by atoms with Crippen molar-refractivity contribution >= 4 is 95.3 Å². The summed E-state index contributed by atoms with van der Waals surface area (Å²) in [6.07, 6.45) is 7.77. The Balaban J connectivity index is 0.797. The van der Waals surface area contributed by atoms with E-state index in [1.54, 1.807) is 54.0 Å². The summed E-state index contributed by atoms with van der Waals surface area (Å²) in [5, 5.41) is 13.9. The fraction of sp³-hybridized carbons (Fsp3) is 0.353. The molecule has 4 amide bonds. The monoisotopic (exact) mass is 1140 g/mol. The Kier molecular flexibility index (Phi) is 19.3. The van der Waals surface area contributed by atoms with Gasteiger partial charge in [-0.15, -0.1) is 0 Å². The van der Waals surface area contributed by atoms with Gasteiger partial charge in [0.1, 0.15) is 23.8 Å². The Labute approximate surface area is 453 Å². The molecule has 0 aliphatic carbocycles. The number of aromatic nitrogens is 6. The Bertz CT molecular complexity index is 3270. The quantitative estimate of drug-likeness (QED) is 0.0349. The van der Waals surface area contributed by atoms with Gasteiger partial charge in [-0.2, -0.15) is 10.1 Å². The van der Waals surface area contributed by atoms with Gasteiger partial charge >= 0.3 is 0 Å². The number of nitrogens with zero attached hydrogens (tertiary/aromatic N) is 9. The SMILES string of the molecule is Cc1c(CC(=O)N(C)C)ccc(NC(=O)c2nn([C@@H]3CCCN(C(=O)/C=C/CN(C)CCOCCOCCNS(=O)(=O)c4ccc(Nc5ncc(Br)c(Nc6cccc(F)c6C(N)=O)n5)cc4)C3)c3ncnc(N)c23)c1C. The zero-order valence-electron chi connectivity index (χ0n) is 43.2. The van der Waals surface area contributed by atoms with Crippen LogP contribution in [0.4, 0.5) is 39.0 Å². The number of sulfonamides is 1. The second kappa shape index (κ2) is 26.0.